The lowest BCUT2D eigenvalue weighted by Crippen LogP contribution is -2.30. The lowest BCUT2D eigenvalue weighted by molar-refractivity contribution is -0.124. The molecule has 3 aromatic rings. The van der Waals surface area contributed by atoms with E-state index in [4.69, 9.17) is 11.6 Å². The number of aromatic nitrogens is 2. The molecule has 0 saturated carbocycles. The van der Waals surface area contributed by atoms with E-state index in [1.807, 2.05) is 18.2 Å². The van der Waals surface area contributed by atoms with Gasteiger partial charge >= 0.3 is 0 Å². The normalized spacial score (nSPS) is 10.6. The Kier molecular flexibility index (Phi) is 9.56. The molecular weight excluding hydrogens is 504 g/mol. The van der Waals surface area contributed by atoms with Gasteiger partial charge in [-0.2, -0.15) is 4.98 Å². The number of para-hydroxylation sites is 1. The standard InChI is InChI=1S/C28H31ClN6O3/c1-6-17(7-2)19-14-13-18(15-23(19)32-24(36)8-3)31-28-30-16-21(29)26(34-28)33-22-12-10-9-11-20(22)25(37)27(38)35(4)5/h8-17H,3,6-7H2,1-2,4-5H3,(H,32,36)(H2,30,31,33,34). The minimum absolute atomic E-state index is 0.190. The monoisotopic (exact) mass is 534 g/mol. The quantitative estimate of drug-likeness (QED) is 0.159. The summed E-state index contributed by atoms with van der Waals surface area (Å²) in [5.41, 5.74) is 2.93. The van der Waals surface area contributed by atoms with Crippen LogP contribution in [0.15, 0.2) is 61.3 Å². The van der Waals surface area contributed by atoms with Crippen molar-refractivity contribution >= 4 is 58.0 Å². The number of carbonyl (C=O) groups is 3. The molecule has 9 nitrogen and oxygen atoms in total. The number of amides is 2. The van der Waals surface area contributed by atoms with E-state index in [2.05, 4.69) is 46.3 Å². The molecule has 2 aromatic carbocycles. The van der Waals surface area contributed by atoms with Crippen LogP contribution < -0.4 is 16.0 Å². The highest BCUT2D eigenvalue weighted by Gasteiger charge is 2.22. The van der Waals surface area contributed by atoms with Crippen molar-refractivity contribution in [1.29, 1.82) is 0 Å². The zero-order chi connectivity index (χ0) is 27.8. The summed E-state index contributed by atoms with van der Waals surface area (Å²) in [6, 6.07) is 12.3. The van der Waals surface area contributed by atoms with Crippen LogP contribution in [-0.4, -0.2) is 46.6 Å². The highest BCUT2D eigenvalue weighted by Crippen LogP contribution is 2.33. The first kappa shape index (κ1) is 28.3. The number of rotatable bonds is 11. The molecule has 0 atom stereocenters. The van der Waals surface area contributed by atoms with Gasteiger partial charge in [0, 0.05) is 25.5 Å². The molecule has 0 saturated heterocycles. The molecule has 3 rings (SSSR count). The van der Waals surface area contributed by atoms with E-state index in [0.717, 1.165) is 18.4 Å². The summed E-state index contributed by atoms with van der Waals surface area (Å²) in [5, 5.41) is 9.29. The van der Waals surface area contributed by atoms with E-state index in [1.165, 1.54) is 31.3 Å². The molecule has 1 heterocycles. The lowest BCUT2D eigenvalue weighted by Gasteiger charge is -2.19. The van der Waals surface area contributed by atoms with Gasteiger partial charge in [-0.15, -0.1) is 0 Å². The summed E-state index contributed by atoms with van der Waals surface area (Å²) in [5.74, 6) is -0.838. The Balaban J connectivity index is 1.91. The third-order valence-electron chi connectivity index (χ3n) is 5.95. The number of nitrogens with zero attached hydrogens (tertiary/aromatic N) is 3. The molecule has 0 spiro atoms. The topological polar surface area (TPSA) is 116 Å². The van der Waals surface area contributed by atoms with Gasteiger partial charge in [0.05, 0.1) is 17.4 Å². The lowest BCUT2D eigenvalue weighted by atomic mass is 9.92. The van der Waals surface area contributed by atoms with Gasteiger partial charge in [0.1, 0.15) is 5.02 Å². The van der Waals surface area contributed by atoms with Crippen LogP contribution in [0.4, 0.5) is 28.8 Å². The zero-order valence-electron chi connectivity index (χ0n) is 21.8. The van der Waals surface area contributed by atoms with Crippen molar-refractivity contribution in [3.8, 4) is 0 Å². The van der Waals surface area contributed by atoms with Gasteiger partial charge in [-0.1, -0.05) is 50.2 Å². The average molecular weight is 535 g/mol. The number of carbonyl (C=O) groups excluding carboxylic acids is 3. The minimum Gasteiger partial charge on any atom is -0.342 e. The van der Waals surface area contributed by atoms with E-state index in [1.54, 1.807) is 24.3 Å². The molecule has 0 unspecified atom stereocenters. The Bertz CT molecular complexity index is 1350. The van der Waals surface area contributed by atoms with Crippen LogP contribution in [0, 0.1) is 0 Å². The van der Waals surface area contributed by atoms with Crippen LogP contribution in [0.5, 0.6) is 0 Å². The van der Waals surface area contributed by atoms with Gasteiger partial charge in [0.2, 0.25) is 11.9 Å². The fourth-order valence-electron chi connectivity index (χ4n) is 3.89. The summed E-state index contributed by atoms with van der Waals surface area (Å²) in [7, 11) is 3.03. The van der Waals surface area contributed by atoms with Gasteiger partial charge < -0.3 is 20.9 Å². The van der Waals surface area contributed by atoms with Crippen molar-refractivity contribution in [3.05, 3.63) is 77.5 Å². The SMILES string of the molecule is C=CC(=O)Nc1cc(Nc2ncc(Cl)c(Nc3ccccc3C(=O)C(=O)N(C)C)n2)ccc1C(CC)CC. The summed E-state index contributed by atoms with van der Waals surface area (Å²) < 4.78 is 0. The molecule has 38 heavy (non-hydrogen) atoms. The van der Waals surface area contributed by atoms with Crippen molar-refractivity contribution in [1.82, 2.24) is 14.9 Å². The number of hydrogen-bond donors (Lipinski definition) is 3. The van der Waals surface area contributed by atoms with Crippen molar-refractivity contribution in [2.24, 2.45) is 0 Å². The second-order valence-corrected chi connectivity index (χ2v) is 9.13. The maximum Gasteiger partial charge on any atom is 0.294 e. The highest BCUT2D eigenvalue weighted by atomic mass is 35.5. The van der Waals surface area contributed by atoms with Crippen LogP contribution >= 0.6 is 11.6 Å². The number of Topliss-reactive ketones (excluding diaryl/α,β-unsaturated/α-hetero) is 1. The molecule has 3 N–H and O–H groups in total. The largest absolute Gasteiger partial charge is 0.342 e. The molecule has 0 aliphatic rings. The Morgan fingerprint density at radius 2 is 1.76 bits per heavy atom. The summed E-state index contributed by atoms with van der Waals surface area (Å²) in [6.45, 7) is 7.76. The van der Waals surface area contributed by atoms with Gasteiger partial charge in [0.15, 0.2) is 5.82 Å². The Hall–Kier alpha value is -4.24. The number of anilines is 5. The maximum absolute atomic E-state index is 12.7. The first-order chi connectivity index (χ1) is 18.2. The molecule has 0 fully saturated rings. The first-order valence-electron chi connectivity index (χ1n) is 12.2. The summed E-state index contributed by atoms with van der Waals surface area (Å²) >= 11 is 6.35. The average Bonchev–Trinajstić information content (AvgIpc) is 2.91. The smallest absolute Gasteiger partial charge is 0.294 e. The van der Waals surface area contributed by atoms with Gasteiger partial charge in [-0.05, 0) is 54.7 Å². The van der Waals surface area contributed by atoms with Crippen molar-refractivity contribution in [2.45, 2.75) is 32.6 Å². The minimum atomic E-state index is -0.659. The molecule has 0 radical (unpaired) electrons. The molecule has 198 valence electrons. The predicted octanol–water partition coefficient (Wildman–Crippen LogP) is 5.92. The van der Waals surface area contributed by atoms with Crippen LogP contribution in [-0.2, 0) is 9.59 Å². The molecule has 0 aliphatic carbocycles. The predicted molar refractivity (Wildman–Crippen MR) is 152 cm³/mol. The number of likely N-dealkylation sites (N-methyl/N-ethyl adjacent to an activating group) is 1. The molecule has 1 aromatic heterocycles. The maximum atomic E-state index is 12.7. The summed E-state index contributed by atoms with van der Waals surface area (Å²) in [6.07, 6.45) is 4.51. The third kappa shape index (κ3) is 6.74. The molecule has 0 aliphatic heterocycles. The van der Waals surface area contributed by atoms with Crippen LogP contribution in [0.3, 0.4) is 0 Å². The van der Waals surface area contributed by atoms with E-state index < -0.39 is 11.7 Å². The molecule has 10 heteroatoms. The van der Waals surface area contributed by atoms with E-state index in [0.29, 0.717) is 17.1 Å². The van der Waals surface area contributed by atoms with Crippen LogP contribution in [0.2, 0.25) is 5.02 Å². The first-order valence-corrected chi connectivity index (χ1v) is 12.5. The van der Waals surface area contributed by atoms with Crippen molar-refractivity contribution in [3.63, 3.8) is 0 Å². The number of benzene rings is 2. The van der Waals surface area contributed by atoms with Crippen molar-refractivity contribution in [2.75, 3.05) is 30.0 Å². The Morgan fingerprint density at radius 3 is 2.42 bits per heavy atom. The Labute approximate surface area is 227 Å². The van der Waals surface area contributed by atoms with Gasteiger partial charge in [-0.25, -0.2) is 4.98 Å². The van der Waals surface area contributed by atoms with Crippen LogP contribution in [0.1, 0.15) is 48.5 Å². The number of ketones is 1. The number of hydrogen-bond acceptors (Lipinski definition) is 7. The molecule has 0 bridgehead atoms. The van der Waals surface area contributed by atoms with E-state index >= 15 is 0 Å². The van der Waals surface area contributed by atoms with E-state index in [-0.39, 0.29) is 34.2 Å². The number of halogens is 1. The van der Waals surface area contributed by atoms with Gasteiger partial charge in [0.25, 0.3) is 11.7 Å². The second-order valence-electron chi connectivity index (χ2n) is 8.72. The zero-order valence-corrected chi connectivity index (χ0v) is 22.6. The fourth-order valence-corrected chi connectivity index (χ4v) is 4.03. The fraction of sp³-hybridized carbons (Fsp3) is 0.250. The van der Waals surface area contributed by atoms with Crippen LogP contribution in [0.25, 0.3) is 0 Å². The second kappa shape index (κ2) is 12.8. The third-order valence-corrected chi connectivity index (χ3v) is 6.22. The number of nitrogens with one attached hydrogen (secondary N) is 3. The van der Waals surface area contributed by atoms with Crippen molar-refractivity contribution < 1.29 is 14.4 Å². The highest BCUT2D eigenvalue weighted by molar-refractivity contribution is 6.43. The molecule has 2 amide bonds. The van der Waals surface area contributed by atoms with Gasteiger partial charge in [-0.3, -0.25) is 14.4 Å². The van der Waals surface area contributed by atoms with E-state index in [9.17, 15) is 14.4 Å². The summed E-state index contributed by atoms with van der Waals surface area (Å²) in [4.78, 5) is 46.9. The molecular formula is C28H31ClN6O3. The Morgan fingerprint density at radius 1 is 1.05 bits per heavy atom.